The van der Waals surface area contributed by atoms with Gasteiger partial charge in [-0.05, 0) is 18.1 Å². The molecule has 4 heteroatoms. The van der Waals surface area contributed by atoms with Gasteiger partial charge in [-0.25, -0.2) is 0 Å². The minimum Gasteiger partial charge on any atom is -0.310 e. The highest BCUT2D eigenvalue weighted by Crippen LogP contribution is 2.17. The first kappa shape index (κ1) is 11.7. The predicted molar refractivity (Wildman–Crippen MR) is 59.8 cm³/mol. The molecule has 4 nitrogen and oxygen atoms in total. The summed E-state index contributed by atoms with van der Waals surface area (Å²) in [6.07, 6.45) is 0. The fourth-order valence-corrected chi connectivity index (χ4v) is 1.28. The molecule has 82 valence electrons. The minimum absolute atomic E-state index is 0.154. The number of hydrogen-bond donors (Lipinski definition) is 1. The fourth-order valence-electron chi connectivity index (χ4n) is 1.28. The van der Waals surface area contributed by atoms with Gasteiger partial charge in [0.05, 0.1) is 4.92 Å². The molecule has 0 bridgehead atoms. The maximum atomic E-state index is 10.6. The van der Waals surface area contributed by atoms with Crippen molar-refractivity contribution in [3.05, 3.63) is 39.4 Å². The Labute approximate surface area is 89.5 Å². The van der Waals surface area contributed by atoms with Gasteiger partial charge >= 0.3 is 0 Å². The van der Waals surface area contributed by atoms with Gasteiger partial charge in [0.15, 0.2) is 0 Å². The Hall–Kier alpha value is -1.42. The molecule has 0 amide bonds. The zero-order valence-corrected chi connectivity index (χ0v) is 9.28. The van der Waals surface area contributed by atoms with E-state index in [0.29, 0.717) is 12.6 Å². The Morgan fingerprint density at radius 1 is 1.47 bits per heavy atom. The number of nitro groups is 1. The molecule has 0 aliphatic carbocycles. The van der Waals surface area contributed by atoms with E-state index in [4.69, 9.17) is 0 Å². The molecule has 0 spiro atoms. The number of benzene rings is 1. The van der Waals surface area contributed by atoms with Gasteiger partial charge in [-0.3, -0.25) is 10.1 Å². The molecule has 0 radical (unpaired) electrons. The molecule has 1 N–H and O–H groups in total. The van der Waals surface area contributed by atoms with Gasteiger partial charge in [0.25, 0.3) is 5.69 Å². The zero-order chi connectivity index (χ0) is 11.4. The number of nitrogens with one attached hydrogen (secondary N) is 1. The molecule has 0 atom stereocenters. The van der Waals surface area contributed by atoms with Crippen LogP contribution in [-0.4, -0.2) is 11.0 Å². The van der Waals surface area contributed by atoms with Gasteiger partial charge in [-0.15, -0.1) is 0 Å². The van der Waals surface area contributed by atoms with Crippen molar-refractivity contribution < 1.29 is 4.92 Å². The van der Waals surface area contributed by atoms with Crippen LogP contribution in [-0.2, 0) is 6.54 Å². The Kier molecular flexibility index (Phi) is 3.80. The van der Waals surface area contributed by atoms with Gasteiger partial charge in [-0.2, -0.15) is 0 Å². The Balaban J connectivity index is 2.85. The molecule has 1 aromatic carbocycles. The average molecular weight is 208 g/mol. The third-order valence-electron chi connectivity index (χ3n) is 2.24. The van der Waals surface area contributed by atoms with Crippen molar-refractivity contribution in [2.45, 2.75) is 33.4 Å². The molecule has 0 aromatic heterocycles. The van der Waals surface area contributed by atoms with E-state index in [0.717, 1.165) is 11.1 Å². The smallest absolute Gasteiger partial charge is 0.269 e. The van der Waals surface area contributed by atoms with Crippen molar-refractivity contribution in [1.29, 1.82) is 0 Å². The quantitative estimate of drug-likeness (QED) is 0.610. The third kappa shape index (κ3) is 3.32. The first-order chi connectivity index (χ1) is 7.00. The topological polar surface area (TPSA) is 55.2 Å². The summed E-state index contributed by atoms with van der Waals surface area (Å²) in [4.78, 5) is 10.2. The van der Waals surface area contributed by atoms with Crippen LogP contribution in [0.15, 0.2) is 18.2 Å². The first-order valence-electron chi connectivity index (χ1n) is 4.98. The van der Waals surface area contributed by atoms with Crippen molar-refractivity contribution in [3.8, 4) is 0 Å². The second-order valence-electron chi connectivity index (χ2n) is 3.90. The van der Waals surface area contributed by atoms with Crippen LogP contribution in [0.5, 0.6) is 0 Å². The lowest BCUT2D eigenvalue weighted by molar-refractivity contribution is -0.384. The molecule has 0 aliphatic rings. The van der Waals surface area contributed by atoms with E-state index >= 15 is 0 Å². The van der Waals surface area contributed by atoms with Crippen LogP contribution < -0.4 is 5.32 Å². The van der Waals surface area contributed by atoms with Crippen LogP contribution in [0, 0.1) is 17.0 Å². The lowest BCUT2D eigenvalue weighted by Crippen LogP contribution is -2.22. The summed E-state index contributed by atoms with van der Waals surface area (Å²) in [5.74, 6) is 0. The Morgan fingerprint density at radius 3 is 2.67 bits per heavy atom. The summed E-state index contributed by atoms with van der Waals surface area (Å²) < 4.78 is 0. The Morgan fingerprint density at radius 2 is 2.13 bits per heavy atom. The summed E-state index contributed by atoms with van der Waals surface area (Å²) in [6.45, 7) is 6.73. The van der Waals surface area contributed by atoms with Crippen LogP contribution in [0.4, 0.5) is 5.69 Å². The summed E-state index contributed by atoms with van der Waals surface area (Å²) in [7, 11) is 0. The van der Waals surface area contributed by atoms with E-state index in [9.17, 15) is 10.1 Å². The molecule has 0 heterocycles. The van der Waals surface area contributed by atoms with Crippen LogP contribution in [0.2, 0.25) is 0 Å². The maximum Gasteiger partial charge on any atom is 0.269 e. The van der Waals surface area contributed by atoms with Crippen molar-refractivity contribution >= 4 is 5.69 Å². The van der Waals surface area contributed by atoms with Crippen LogP contribution >= 0.6 is 0 Å². The SMILES string of the molecule is Cc1ccc([N+](=O)[O-])cc1CNC(C)C. The number of hydrogen-bond acceptors (Lipinski definition) is 3. The van der Waals surface area contributed by atoms with E-state index in [2.05, 4.69) is 5.32 Å². The van der Waals surface area contributed by atoms with Gasteiger partial charge < -0.3 is 5.32 Å². The summed E-state index contributed by atoms with van der Waals surface area (Å²) in [6, 6.07) is 5.33. The molecular weight excluding hydrogens is 192 g/mol. The van der Waals surface area contributed by atoms with Gasteiger partial charge in [-0.1, -0.05) is 19.9 Å². The highest BCUT2D eigenvalue weighted by atomic mass is 16.6. The monoisotopic (exact) mass is 208 g/mol. The summed E-state index contributed by atoms with van der Waals surface area (Å²) in [5.41, 5.74) is 2.22. The molecule has 0 saturated heterocycles. The first-order valence-corrected chi connectivity index (χ1v) is 4.98. The minimum atomic E-state index is -0.363. The third-order valence-corrected chi connectivity index (χ3v) is 2.24. The molecule has 15 heavy (non-hydrogen) atoms. The average Bonchev–Trinajstić information content (AvgIpc) is 2.16. The summed E-state index contributed by atoms with van der Waals surface area (Å²) >= 11 is 0. The van der Waals surface area contributed by atoms with E-state index in [1.54, 1.807) is 12.1 Å². The molecule has 1 rings (SSSR count). The number of aryl methyl sites for hydroxylation is 1. The Bertz CT molecular complexity index is 362. The van der Waals surface area contributed by atoms with E-state index in [1.807, 2.05) is 20.8 Å². The van der Waals surface area contributed by atoms with E-state index in [1.165, 1.54) is 6.07 Å². The lowest BCUT2D eigenvalue weighted by Gasteiger charge is -2.10. The van der Waals surface area contributed by atoms with Gasteiger partial charge in [0.2, 0.25) is 0 Å². The zero-order valence-electron chi connectivity index (χ0n) is 9.28. The second kappa shape index (κ2) is 4.89. The fraction of sp³-hybridized carbons (Fsp3) is 0.455. The molecule has 0 unspecified atom stereocenters. The van der Waals surface area contributed by atoms with E-state index in [-0.39, 0.29) is 10.6 Å². The molecule has 0 saturated carbocycles. The van der Waals surface area contributed by atoms with Crippen molar-refractivity contribution in [2.75, 3.05) is 0 Å². The van der Waals surface area contributed by atoms with Crippen molar-refractivity contribution in [1.82, 2.24) is 5.32 Å². The van der Waals surface area contributed by atoms with Crippen LogP contribution in [0.1, 0.15) is 25.0 Å². The number of nitrogens with zero attached hydrogens (tertiary/aromatic N) is 1. The number of nitro benzene ring substituents is 1. The highest BCUT2D eigenvalue weighted by Gasteiger charge is 2.08. The molecule has 1 aromatic rings. The van der Waals surface area contributed by atoms with Gasteiger partial charge in [0.1, 0.15) is 0 Å². The highest BCUT2D eigenvalue weighted by molar-refractivity contribution is 5.39. The van der Waals surface area contributed by atoms with Crippen LogP contribution in [0.25, 0.3) is 0 Å². The normalized spacial score (nSPS) is 10.7. The summed E-state index contributed by atoms with van der Waals surface area (Å²) in [5, 5.41) is 13.8. The van der Waals surface area contributed by atoms with Crippen molar-refractivity contribution in [3.63, 3.8) is 0 Å². The van der Waals surface area contributed by atoms with E-state index < -0.39 is 0 Å². The standard InChI is InChI=1S/C11H16N2O2/c1-8(2)12-7-10-6-11(13(14)15)5-4-9(10)3/h4-6,8,12H,7H2,1-3H3. The predicted octanol–water partition coefficient (Wildman–Crippen LogP) is 2.40. The van der Waals surface area contributed by atoms with Crippen LogP contribution in [0.3, 0.4) is 0 Å². The lowest BCUT2D eigenvalue weighted by atomic mass is 10.1. The molecular formula is C11H16N2O2. The number of rotatable bonds is 4. The molecule has 0 fully saturated rings. The second-order valence-corrected chi connectivity index (χ2v) is 3.90. The van der Waals surface area contributed by atoms with Gasteiger partial charge in [0, 0.05) is 24.7 Å². The van der Waals surface area contributed by atoms with Crippen molar-refractivity contribution in [2.24, 2.45) is 0 Å². The maximum absolute atomic E-state index is 10.6. The molecule has 0 aliphatic heterocycles. The number of non-ortho nitro benzene ring substituents is 1. The largest absolute Gasteiger partial charge is 0.310 e.